The summed E-state index contributed by atoms with van der Waals surface area (Å²) in [6, 6.07) is 10.7. The number of rotatable bonds is 8. The number of hydrogen-bond donors (Lipinski definition) is 4. The maximum atomic E-state index is 13.3. The predicted octanol–water partition coefficient (Wildman–Crippen LogP) is 3.49. The van der Waals surface area contributed by atoms with E-state index in [-0.39, 0.29) is 36.9 Å². The molecule has 4 heterocycles. The van der Waals surface area contributed by atoms with Crippen LogP contribution in [-0.2, 0) is 0 Å². The van der Waals surface area contributed by atoms with E-state index < -0.39 is 6.10 Å². The number of carbonyl (C=O) groups is 2. The molecule has 0 radical (unpaired) electrons. The van der Waals surface area contributed by atoms with Crippen molar-refractivity contribution in [2.45, 2.75) is 38.8 Å². The van der Waals surface area contributed by atoms with Gasteiger partial charge in [-0.05, 0) is 70.1 Å². The summed E-state index contributed by atoms with van der Waals surface area (Å²) < 4.78 is 5.80. The Morgan fingerprint density at radius 1 is 1.14 bits per heavy atom. The highest BCUT2D eigenvalue weighted by atomic mass is 16.5. The number of aromatic amines is 1. The molecule has 2 aliphatic heterocycles. The highest BCUT2D eigenvalue weighted by Gasteiger charge is 2.41. The second-order valence-corrected chi connectivity index (χ2v) is 11.2. The molecular weight excluding hydrogens is 536 g/mol. The first-order chi connectivity index (χ1) is 20.2. The zero-order chi connectivity index (χ0) is 29.5. The van der Waals surface area contributed by atoms with Gasteiger partial charge in [-0.2, -0.15) is 0 Å². The molecule has 0 aliphatic carbocycles. The number of nitrogens with zero attached hydrogens (tertiary/aromatic N) is 4. The molecule has 2 aromatic heterocycles. The third-order valence-electron chi connectivity index (χ3n) is 7.94. The third kappa shape index (κ3) is 5.17. The van der Waals surface area contributed by atoms with Gasteiger partial charge >= 0.3 is 0 Å². The Hall–Kier alpha value is -4.48. The van der Waals surface area contributed by atoms with Crippen LogP contribution in [0.2, 0.25) is 0 Å². The largest absolute Gasteiger partial charge is 0.493 e. The summed E-state index contributed by atoms with van der Waals surface area (Å²) in [5.41, 5.74) is 4.66. The van der Waals surface area contributed by atoms with Gasteiger partial charge in [-0.15, -0.1) is 0 Å². The Morgan fingerprint density at radius 2 is 1.93 bits per heavy atom. The van der Waals surface area contributed by atoms with Crippen molar-refractivity contribution < 1.29 is 24.5 Å². The van der Waals surface area contributed by atoms with E-state index in [1.807, 2.05) is 39.1 Å². The Bertz CT molecular complexity index is 1630. The van der Waals surface area contributed by atoms with Crippen LogP contribution in [0.25, 0.3) is 22.4 Å². The second-order valence-electron chi connectivity index (χ2n) is 11.2. The number of aromatic nitrogens is 3. The lowest BCUT2D eigenvalue weighted by atomic mass is 10.0. The molecular formula is C31H34N6O5. The fourth-order valence-electron chi connectivity index (χ4n) is 5.83. The lowest BCUT2D eigenvalue weighted by molar-refractivity contribution is 0.0503. The van der Waals surface area contributed by atoms with Crippen LogP contribution in [0.4, 0.5) is 5.69 Å². The van der Waals surface area contributed by atoms with Gasteiger partial charge in [-0.1, -0.05) is 17.7 Å². The van der Waals surface area contributed by atoms with Crippen LogP contribution in [-0.4, -0.2) is 92.2 Å². The standard InChI is InChI=1S/C31H34N6O5/c1-17-6-7-26(18(2)11-17)42-16-20(38)14-33-23-8-9-32-29(39)27(23)28-34-24-12-21-22(13-25(24)35-28)31(41)37(30(21)40)19-5-4-10-36(3)15-19/h6-9,11-13,19-20,38H,4-5,10,14-16H2,1-3H3,(H,34,35)(H2,32,33,39)/t19-,20-/m1/s1. The van der Waals surface area contributed by atoms with Crippen molar-refractivity contribution in [1.82, 2.24) is 24.8 Å². The lowest BCUT2D eigenvalue weighted by Crippen LogP contribution is -2.49. The maximum Gasteiger partial charge on any atom is 0.261 e. The van der Waals surface area contributed by atoms with Crippen molar-refractivity contribution in [3.63, 3.8) is 0 Å². The smallest absolute Gasteiger partial charge is 0.261 e. The number of aryl methyl sites for hydroxylation is 2. The van der Waals surface area contributed by atoms with Gasteiger partial charge in [0.15, 0.2) is 0 Å². The summed E-state index contributed by atoms with van der Waals surface area (Å²) >= 11 is 0. The van der Waals surface area contributed by atoms with Gasteiger partial charge < -0.3 is 30.2 Å². The zero-order valence-corrected chi connectivity index (χ0v) is 23.8. The monoisotopic (exact) mass is 570 g/mol. The molecule has 11 heteroatoms. The van der Waals surface area contributed by atoms with Crippen LogP contribution in [0.15, 0.2) is 42.6 Å². The molecule has 1 fully saturated rings. The van der Waals surface area contributed by atoms with Crippen LogP contribution in [0.1, 0.15) is 44.7 Å². The van der Waals surface area contributed by atoms with Gasteiger partial charge in [0.2, 0.25) is 5.88 Å². The average molecular weight is 571 g/mol. The maximum absolute atomic E-state index is 13.3. The molecule has 2 atom stereocenters. The van der Waals surface area contributed by atoms with Gasteiger partial charge in [-0.25, -0.2) is 9.97 Å². The Balaban J connectivity index is 1.20. The number of ether oxygens (including phenoxy) is 1. The minimum absolute atomic E-state index is 0.0791. The summed E-state index contributed by atoms with van der Waals surface area (Å²) in [5.74, 6) is 0.172. The molecule has 0 unspecified atom stereocenters. The molecule has 0 spiro atoms. The van der Waals surface area contributed by atoms with Crippen LogP contribution in [0, 0.1) is 13.8 Å². The van der Waals surface area contributed by atoms with E-state index in [0.29, 0.717) is 51.5 Å². The molecule has 2 amide bonds. The van der Waals surface area contributed by atoms with E-state index in [1.165, 1.54) is 11.1 Å². The number of likely N-dealkylation sites (tertiary alicyclic amines) is 1. The SMILES string of the molecule is Cc1ccc(OC[C@H](O)CNc2ccnc(O)c2-c2nc3cc4c(cc3[nH]2)C(=O)N([C@@H]2CCCN(C)C2)C4=O)c(C)c1. The number of amides is 2. The van der Waals surface area contributed by atoms with E-state index in [0.717, 1.165) is 30.5 Å². The van der Waals surface area contributed by atoms with Gasteiger partial charge in [0.1, 0.15) is 29.8 Å². The molecule has 42 heavy (non-hydrogen) atoms. The molecule has 2 aromatic carbocycles. The Labute approximate surface area is 243 Å². The molecule has 6 rings (SSSR count). The first-order valence-corrected chi connectivity index (χ1v) is 14.1. The fourth-order valence-corrected chi connectivity index (χ4v) is 5.83. The fraction of sp³-hybridized carbons (Fsp3) is 0.355. The van der Waals surface area contributed by atoms with E-state index in [2.05, 4.69) is 25.2 Å². The predicted molar refractivity (Wildman–Crippen MR) is 158 cm³/mol. The minimum Gasteiger partial charge on any atom is -0.493 e. The number of fused-ring (bicyclic) bond motifs is 2. The summed E-state index contributed by atoms with van der Waals surface area (Å²) in [6.45, 7) is 5.80. The third-order valence-corrected chi connectivity index (χ3v) is 7.94. The Morgan fingerprint density at radius 3 is 2.69 bits per heavy atom. The van der Waals surface area contributed by atoms with E-state index in [4.69, 9.17) is 4.74 Å². The lowest BCUT2D eigenvalue weighted by Gasteiger charge is -2.34. The van der Waals surface area contributed by atoms with Crippen molar-refractivity contribution in [2.24, 2.45) is 0 Å². The zero-order valence-electron chi connectivity index (χ0n) is 23.8. The van der Waals surface area contributed by atoms with E-state index in [1.54, 1.807) is 18.2 Å². The van der Waals surface area contributed by atoms with Crippen molar-refractivity contribution in [1.29, 1.82) is 0 Å². The van der Waals surface area contributed by atoms with Gasteiger partial charge in [0, 0.05) is 19.3 Å². The first-order valence-electron chi connectivity index (χ1n) is 14.1. The van der Waals surface area contributed by atoms with Crippen molar-refractivity contribution in [3.8, 4) is 23.0 Å². The number of likely N-dealkylation sites (N-methyl/N-ethyl adjacent to an activating group) is 1. The number of nitrogens with one attached hydrogen (secondary N) is 2. The summed E-state index contributed by atoms with van der Waals surface area (Å²) in [6.07, 6.45) is 2.34. The molecule has 4 N–H and O–H groups in total. The number of hydrogen-bond acceptors (Lipinski definition) is 9. The van der Waals surface area contributed by atoms with Crippen molar-refractivity contribution >= 4 is 28.5 Å². The number of H-pyrrole nitrogens is 1. The van der Waals surface area contributed by atoms with Crippen LogP contribution in [0.5, 0.6) is 11.6 Å². The number of piperidine rings is 1. The summed E-state index contributed by atoms with van der Waals surface area (Å²) in [5, 5.41) is 24.4. The molecule has 0 bridgehead atoms. The number of imidazole rings is 1. The number of pyridine rings is 1. The number of aromatic hydroxyl groups is 1. The number of imide groups is 1. The molecule has 4 aromatic rings. The number of anilines is 1. The highest BCUT2D eigenvalue weighted by molar-refractivity contribution is 6.23. The molecule has 11 nitrogen and oxygen atoms in total. The van der Waals surface area contributed by atoms with E-state index in [9.17, 15) is 19.8 Å². The summed E-state index contributed by atoms with van der Waals surface area (Å²) in [4.78, 5) is 42.0. The topological polar surface area (TPSA) is 144 Å². The van der Waals surface area contributed by atoms with Crippen LogP contribution >= 0.6 is 0 Å². The van der Waals surface area contributed by atoms with Gasteiger partial charge in [-0.3, -0.25) is 14.5 Å². The minimum atomic E-state index is -0.837. The van der Waals surface area contributed by atoms with E-state index >= 15 is 0 Å². The van der Waals surface area contributed by atoms with Gasteiger partial charge in [0.25, 0.3) is 11.8 Å². The number of aliphatic hydroxyl groups excluding tert-OH is 1. The summed E-state index contributed by atoms with van der Waals surface area (Å²) in [7, 11) is 2.00. The molecule has 2 aliphatic rings. The molecule has 0 saturated carbocycles. The Kier molecular flexibility index (Phi) is 7.29. The normalized spacial score (nSPS) is 18.0. The number of benzene rings is 2. The first kappa shape index (κ1) is 27.7. The van der Waals surface area contributed by atoms with Crippen LogP contribution < -0.4 is 10.1 Å². The van der Waals surface area contributed by atoms with Crippen molar-refractivity contribution in [3.05, 3.63) is 64.8 Å². The van der Waals surface area contributed by atoms with Crippen molar-refractivity contribution in [2.75, 3.05) is 38.6 Å². The van der Waals surface area contributed by atoms with Crippen LogP contribution in [0.3, 0.4) is 0 Å². The molecule has 218 valence electrons. The highest BCUT2D eigenvalue weighted by Crippen LogP contribution is 2.36. The second kappa shape index (κ2) is 11.1. The number of aliphatic hydroxyl groups is 1. The quantitative estimate of drug-likeness (QED) is 0.234. The number of carbonyl (C=O) groups excluding carboxylic acids is 2. The molecule has 1 saturated heterocycles. The van der Waals surface area contributed by atoms with Gasteiger partial charge in [0.05, 0.1) is 33.9 Å². The average Bonchev–Trinajstić information content (AvgIpc) is 3.47.